The molecule has 0 spiro atoms. The molecular formula is C21H22N4O. The molecule has 1 aliphatic carbocycles. The number of amides is 1. The molecule has 5 nitrogen and oxygen atoms in total. The van der Waals surface area contributed by atoms with Gasteiger partial charge in [-0.05, 0) is 41.5 Å². The summed E-state index contributed by atoms with van der Waals surface area (Å²) in [6, 6.07) is 16.6. The van der Waals surface area contributed by atoms with Gasteiger partial charge in [-0.3, -0.25) is 4.79 Å². The molecule has 1 fully saturated rings. The van der Waals surface area contributed by atoms with E-state index >= 15 is 0 Å². The minimum atomic E-state index is 0.106. The lowest BCUT2D eigenvalue weighted by molar-refractivity contribution is -0.122. The van der Waals surface area contributed by atoms with E-state index in [2.05, 4.69) is 52.7 Å². The van der Waals surface area contributed by atoms with E-state index in [4.69, 9.17) is 0 Å². The molecule has 0 bridgehead atoms. The summed E-state index contributed by atoms with van der Waals surface area (Å²) in [7, 11) is 0. The van der Waals surface area contributed by atoms with Gasteiger partial charge in [0, 0.05) is 12.5 Å². The number of rotatable bonds is 6. The van der Waals surface area contributed by atoms with Crippen LogP contribution in [0, 0.1) is 12.8 Å². The van der Waals surface area contributed by atoms with E-state index in [1.807, 2.05) is 18.2 Å². The molecule has 132 valence electrons. The Hall–Kier alpha value is -2.95. The number of hydrogen-bond acceptors (Lipinski definition) is 3. The Morgan fingerprint density at radius 2 is 2.04 bits per heavy atom. The molecule has 3 aromatic rings. The summed E-state index contributed by atoms with van der Waals surface area (Å²) in [5.74, 6) is 0.629. The summed E-state index contributed by atoms with van der Waals surface area (Å²) in [5.41, 5.74) is 4.83. The molecule has 1 aliphatic rings. The standard InChI is InChI=1S/C21H22N4O/c1-15-5-2-3-8-18(15)19-10-20(19)21(26)23-11-16-6-4-7-17(9-16)12-25-14-22-13-24-25/h2-9,13-14,19-20H,10-12H2,1H3,(H,23,26)/t19-,20+/m1/s1. The van der Waals surface area contributed by atoms with Gasteiger partial charge in [0.15, 0.2) is 0 Å². The average Bonchev–Trinajstić information content (AvgIpc) is 3.28. The maximum atomic E-state index is 12.5. The number of benzene rings is 2. The molecular weight excluding hydrogens is 324 g/mol. The van der Waals surface area contributed by atoms with E-state index < -0.39 is 0 Å². The highest BCUT2D eigenvalue weighted by Crippen LogP contribution is 2.48. The van der Waals surface area contributed by atoms with Gasteiger partial charge in [0.1, 0.15) is 12.7 Å². The van der Waals surface area contributed by atoms with E-state index in [9.17, 15) is 4.79 Å². The lowest BCUT2D eigenvalue weighted by atomic mass is 10.0. The summed E-state index contributed by atoms with van der Waals surface area (Å²) < 4.78 is 1.79. The van der Waals surface area contributed by atoms with Crippen molar-refractivity contribution in [2.24, 2.45) is 5.92 Å². The molecule has 2 atom stereocenters. The fourth-order valence-electron chi connectivity index (χ4n) is 3.49. The largest absolute Gasteiger partial charge is 0.352 e. The van der Waals surface area contributed by atoms with Crippen LogP contribution in [0.3, 0.4) is 0 Å². The number of carbonyl (C=O) groups excluding carboxylic acids is 1. The minimum Gasteiger partial charge on any atom is -0.352 e. The van der Waals surface area contributed by atoms with Crippen LogP contribution in [0.1, 0.15) is 34.6 Å². The molecule has 1 heterocycles. The fourth-order valence-corrected chi connectivity index (χ4v) is 3.49. The predicted molar refractivity (Wildman–Crippen MR) is 99.4 cm³/mol. The lowest BCUT2D eigenvalue weighted by Crippen LogP contribution is -2.25. The second-order valence-corrected chi connectivity index (χ2v) is 6.94. The number of nitrogens with zero attached hydrogens (tertiary/aromatic N) is 3. The second kappa shape index (κ2) is 7.12. The summed E-state index contributed by atoms with van der Waals surface area (Å²) in [5, 5.41) is 7.22. The van der Waals surface area contributed by atoms with Crippen molar-refractivity contribution in [3.63, 3.8) is 0 Å². The van der Waals surface area contributed by atoms with Crippen molar-refractivity contribution in [1.29, 1.82) is 0 Å². The van der Waals surface area contributed by atoms with Gasteiger partial charge >= 0.3 is 0 Å². The third kappa shape index (κ3) is 3.67. The van der Waals surface area contributed by atoms with Gasteiger partial charge in [0.05, 0.1) is 6.54 Å². The first-order valence-corrected chi connectivity index (χ1v) is 8.94. The zero-order valence-corrected chi connectivity index (χ0v) is 14.8. The highest BCUT2D eigenvalue weighted by atomic mass is 16.2. The van der Waals surface area contributed by atoms with E-state index in [-0.39, 0.29) is 11.8 Å². The highest BCUT2D eigenvalue weighted by Gasteiger charge is 2.44. The van der Waals surface area contributed by atoms with Crippen molar-refractivity contribution in [3.05, 3.63) is 83.4 Å². The van der Waals surface area contributed by atoms with E-state index in [0.717, 1.165) is 17.5 Å². The zero-order chi connectivity index (χ0) is 17.9. The Labute approximate surface area is 153 Å². The van der Waals surface area contributed by atoms with Gasteiger partial charge in [0.2, 0.25) is 5.91 Å². The van der Waals surface area contributed by atoms with Crippen molar-refractivity contribution in [2.45, 2.75) is 32.4 Å². The summed E-state index contributed by atoms with van der Waals surface area (Å²) >= 11 is 0. The second-order valence-electron chi connectivity index (χ2n) is 6.94. The van der Waals surface area contributed by atoms with Gasteiger partial charge in [-0.1, -0.05) is 48.5 Å². The number of carbonyl (C=O) groups is 1. The fraction of sp³-hybridized carbons (Fsp3) is 0.286. The van der Waals surface area contributed by atoms with Gasteiger partial charge in [-0.25, -0.2) is 9.67 Å². The van der Waals surface area contributed by atoms with Gasteiger partial charge < -0.3 is 5.32 Å². The van der Waals surface area contributed by atoms with Crippen molar-refractivity contribution in [2.75, 3.05) is 0 Å². The Kier molecular flexibility index (Phi) is 4.52. The van der Waals surface area contributed by atoms with Crippen LogP contribution < -0.4 is 5.32 Å². The SMILES string of the molecule is Cc1ccccc1[C@H]1C[C@@H]1C(=O)NCc1cccc(Cn2cncn2)c1. The summed E-state index contributed by atoms with van der Waals surface area (Å²) in [6.07, 6.45) is 4.18. The van der Waals surface area contributed by atoms with Crippen LogP contribution in [0.2, 0.25) is 0 Å². The predicted octanol–water partition coefficient (Wildman–Crippen LogP) is 3.05. The first-order chi connectivity index (χ1) is 12.7. The zero-order valence-electron chi connectivity index (χ0n) is 14.8. The topological polar surface area (TPSA) is 59.8 Å². The van der Waals surface area contributed by atoms with E-state index in [1.165, 1.54) is 17.5 Å². The molecule has 1 amide bonds. The molecule has 1 N–H and O–H groups in total. The van der Waals surface area contributed by atoms with Crippen LogP contribution in [0.25, 0.3) is 0 Å². The normalized spacial score (nSPS) is 18.5. The van der Waals surface area contributed by atoms with Crippen LogP contribution in [0.5, 0.6) is 0 Å². The molecule has 2 aromatic carbocycles. The first kappa shape index (κ1) is 16.5. The number of aromatic nitrogens is 3. The van der Waals surface area contributed by atoms with Crippen LogP contribution in [-0.4, -0.2) is 20.7 Å². The minimum absolute atomic E-state index is 0.106. The number of nitrogens with one attached hydrogen (secondary N) is 1. The van der Waals surface area contributed by atoms with Crippen molar-refractivity contribution >= 4 is 5.91 Å². The molecule has 0 unspecified atom stereocenters. The molecule has 5 heteroatoms. The van der Waals surface area contributed by atoms with Gasteiger partial charge in [-0.15, -0.1) is 0 Å². The maximum absolute atomic E-state index is 12.5. The number of aryl methyl sites for hydroxylation is 1. The third-order valence-corrected chi connectivity index (χ3v) is 4.98. The van der Waals surface area contributed by atoms with E-state index in [1.54, 1.807) is 11.0 Å². The Bertz CT molecular complexity index is 904. The van der Waals surface area contributed by atoms with Crippen LogP contribution in [0.4, 0.5) is 0 Å². The monoisotopic (exact) mass is 346 g/mol. The highest BCUT2D eigenvalue weighted by molar-refractivity contribution is 5.83. The average molecular weight is 346 g/mol. The van der Waals surface area contributed by atoms with Crippen LogP contribution in [-0.2, 0) is 17.9 Å². The third-order valence-electron chi connectivity index (χ3n) is 4.98. The quantitative estimate of drug-likeness (QED) is 0.746. The Morgan fingerprint density at radius 1 is 1.19 bits per heavy atom. The van der Waals surface area contributed by atoms with Crippen molar-refractivity contribution in [3.8, 4) is 0 Å². The molecule has 0 saturated heterocycles. The molecule has 4 rings (SSSR count). The molecule has 1 saturated carbocycles. The lowest BCUT2D eigenvalue weighted by Gasteiger charge is -2.08. The number of hydrogen-bond donors (Lipinski definition) is 1. The molecule has 0 aliphatic heterocycles. The molecule has 1 aromatic heterocycles. The Morgan fingerprint density at radius 3 is 2.85 bits per heavy atom. The summed E-state index contributed by atoms with van der Waals surface area (Å²) in [4.78, 5) is 16.4. The van der Waals surface area contributed by atoms with Crippen LogP contribution in [0.15, 0.2) is 61.2 Å². The summed E-state index contributed by atoms with van der Waals surface area (Å²) in [6.45, 7) is 3.35. The van der Waals surface area contributed by atoms with Crippen LogP contribution >= 0.6 is 0 Å². The van der Waals surface area contributed by atoms with Gasteiger partial charge in [-0.2, -0.15) is 5.10 Å². The van der Waals surface area contributed by atoms with Crippen molar-refractivity contribution in [1.82, 2.24) is 20.1 Å². The van der Waals surface area contributed by atoms with E-state index in [0.29, 0.717) is 19.0 Å². The van der Waals surface area contributed by atoms with Crippen molar-refractivity contribution < 1.29 is 4.79 Å². The van der Waals surface area contributed by atoms with Gasteiger partial charge in [0.25, 0.3) is 0 Å². The molecule has 0 radical (unpaired) electrons. The smallest absolute Gasteiger partial charge is 0.224 e. The first-order valence-electron chi connectivity index (χ1n) is 8.94. The molecule has 26 heavy (non-hydrogen) atoms. The Balaban J connectivity index is 1.33. The maximum Gasteiger partial charge on any atom is 0.224 e.